The molecule has 3 rings (SSSR count). The maximum Gasteiger partial charge on any atom is 0.243 e. The molecular weight excluding hydrogens is 440 g/mol. The number of nitrogens with one attached hydrogen (secondary N) is 1. The highest BCUT2D eigenvalue weighted by atomic mass is 32.2. The zero-order valence-corrected chi connectivity index (χ0v) is 20.1. The predicted octanol–water partition coefficient (Wildman–Crippen LogP) is 3.27. The molecule has 0 aliphatic carbocycles. The molecule has 2 aromatic carbocycles. The molecule has 1 aliphatic heterocycles. The number of amides is 1. The number of nitrogens with zero attached hydrogens (tertiary/aromatic N) is 1. The minimum atomic E-state index is -3.45. The molecule has 1 N–H and O–H groups in total. The van der Waals surface area contributed by atoms with Crippen molar-refractivity contribution in [3.05, 3.63) is 65.2 Å². The number of carbonyl (C=O) groups is 1. The first-order chi connectivity index (χ1) is 16.0. The Balaban J connectivity index is 1.46. The smallest absolute Gasteiger partial charge is 0.243 e. The van der Waals surface area contributed by atoms with Gasteiger partial charge in [0.25, 0.3) is 0 Å². The molecule has 1 fully saturated rings. The van der Waals surface area contributed by atoms with Gasteiger partial charge in [0, 0.05) is 26.2 Å². The summed E-state index contributed by atoms with van der Waals surface area (Å²) in [6.45, 7) is 5.84. The molecule has 0 atom stereocenters. The lowest BCUT2D eigenvalue weighted by atomic mass is 10.1. The van der Waals surface area contributed by atoms with Gasteiger partial charge in [-0.25, -0.2) is 8.42 Å². The number of carbonyl (C=O) groups excluding carboxylic acids is 1. The summed E-state index contributed by atoms with van der Waals surface area (Å²) < 4.78 is 37.9. The second-order valence-electron chi connectivity index (χ2n) is 8.13. The lowest BCUT2D eigenvalue weighted by Gasteiger charge is -2.25. The van der Waals surface area contributed by atoms with Crippen molar-refractivity contribution in [3.63, 3.8) is 0 Å². The van der Waals surface area contributed by atoms with Gasteiger partial charge >= 0.3 is 0 Å². The number of ether oxygens (including phenoxy) is 2. The number of hydrogen-bond acceptors (Lipinski definition) is 5. The Morgan fingerprint density at radius 1 is 0.939 bits per heavy atom. The molecule has 1 amide bonds. The van der Waals surface area contributed by atoms with Gasteiger partial charge in [-0.3, -0.25) is 4.79 Å². The van der Waals surface area contributed by atoms with Crippen molar-refractivity contribution < 1.29 is 22.7 Å². The maximum absolute atomic E-state index is 12.8. The van der Waals surface area contributed by atoms with Crippen molar-refractivity contribution in [1.82, 2.24) is 9.62 Å². The Hall–Kier alpha value is -2.26. The molecule has 0 bridgehead atoms. The number of piperidine rings is 1. The van der Waals surface area contributed by atoms with E-state index in [2.05, 4.69) is 5.32 Å². The summed E-state index contributed by atoms with van der Waals surface area (Å²) in [6, 6.07) is 14.6. The van der Waals surface area contributed by atoms with Crippen LogP contribution in [0, 0.1) is 0 Å². The van der Waals surface area contributed by atoms with Crippen molar-refractivity contribution in [2.24, 2.45) is 0 Å². The molecule has 180 valence electrons. The summed E-state index contributed by atoms with van der Waals surface area (Å²) >= 11 is 0. The zero-order valence-electron chi connectivity index (χ0n) is 19.3. The van der Waals surface area contributed by atoms with Gasteiger partial charge < -0.3 is 14.8 Å². The fourth-order valence-electron chi connectivity index (χ4n) is 3.76. The van der Waals surface area contributed by atoms with E-state index in [1.54, 1.807) is 28.6 Å². The topological polar surface area (TPSA) is 84.9 Å². The van der Waals surface area contributed by atoms with Crippen LogP contribution in [0.4, 0.5) is 0 Å². The van der Waals surface area contributed by atoms with Crippen LogP contribution in [-0.4, -0.2) is 51.5 Å². The fraction of sp³-hybridized carbons (Fsp3) is 0.480. The lowest BCUT2D eigenvalue weighted by molar-refractivity contribution is -0.120. The second kappa shape index (κ2) is 12.8. The van der Waals surface area contributed by atoms with Crippen molar-refractivity contribution in [3.8, 4) is 0 Å². The monoisotopic (exact) mass is 474 g/mol. The minimum absolute atomic E-state index is 0.111. The lowest BCUT2D eigenvalue weighted by Crippen LogP contribution is -2.35. The molecule has 0 spiro atoms. The maximum atomic E-state index is 12.8. The van der Waals surface area contributed by atoms with E-state index < -0.39 is 10.0 Å². The summed E-state index contributed by atoms with van der Waals surface area (Å²) in [4.78, 5) is 12.7. The molecule has 7 nitrogen and oxygen atoms in total. The highest BCUT2D eigenvalue weighted by molar-refractivity contribution is 7.89. The molecule has 0 aromatic heterocycles. The van der Waals surface area contributed by atoms with E-state index in [-0.39, 0.29) is 17.2 Å². The van der Waals surface area contributed by atoms with E-state index in [4.69, 9.17) is 9.47 Å². The third-order valence-corrected chi connectivity index (χ3v) is 7.48. The largest absolute Gasteiger partial charge is 0.379 e. The molecule has 8 heteroatoms. The highest BCUT2D eigenvalue weighted by Gasteiger charge is 2.25. The normalized spacial score (nSPS) is 14.8. The van der Waals surface area contributed by atoms with Gasteiger partial charge in [-0.15, -0.1) is 0 Å². The summed E-state index contributed by atoms with van der Waals surface area (Å²) in [6.07, 6.45) is 3.08. The first kappa shape index (κ1) is 25.4. The Morgan fingerprint density at radius 2 is 1.64 bits per heavy atom. The molecule has 2 aromatic rings. The Labute approximate surface area is 197 Å². The van der Waals surface area contributed by atoms with Crippen LogP contribution in [0.5, 0.6) is 0 Å². The first-order valence-electron chi connectivity index (χ1n) is 11.6. The average Bonchev–Trinajstić information content (AvgIpc) is 2.84. The number of sulfonamides is 1. The van der Waals surface area contributed by atoms with E-state index in [9.17, 15) is 13.2 Å². The zero-order chi connectivity index (χ0) is 23.5. The van der Waals surface area contributed by atoms with Gasteiger partial charge in [-0.2, -0.15) is 4.31 Å². The van der Waals surface area contributed by atoms with Gasteiger partial charge in [0.2, 0.25) is 15.9 Å². The molecule has 0 radical (unpaired) electrons. The summed E-state index contributed by atoms with van der Waals surface area (Å²) in [7, 11) is -3.45. The van der Waals surface area contributed by atoms with E-state index in [1.165, 1.54) is 0 Å². The molecule has 0 saturated carbocycles. The fourth-order valence-corrected chi connectivity index (χ4v) is 5.28. The van der Waals surface area contributed by atoms with Crippen LogP contribution in [0.2, 0.25) is 0 Å². The summed E-state index contributed by atoms with van der Waals surface area (Å²) in [5.74, 6) is -0.111. The Bertz CT molecular complexity index is 986. The number of hydrogen-bond donors (Lipinski definition) is 1. The van der Waals surface area contributed by atoms with E-state index >= 15 is 0 Å². The van der Waals surface area contributed by atoms with Crippen LogP contribution < -0.4 is 5.32 Å². The SMILES string of the molecule is CCOCCOCc1cccc(CNC(=O)Cc2ccc(S(=O)(=O)N3CCCCC3)cc2)c1. The van der Waals surface area contributed by atoms with Crippen molar-refractivity contribution in [2.75, 3.05) is 32.9 Å². The first-order valence-corrected chi connectivity index (χ1v) is 13.0. The van der Waals surface area contributed by atoms with Gasteiger partial charge in [0.05, 0.1) is 31.1 Å². The van der Waals surface area contributed by atoms with Gasteiger partial charge in [0.1, 0.15) is 0 Å². The van der Waals surface area contributed by atoms with Crippen LogP contribution in [0.1, 0.15) is 42.9 Å². The van der Waals surface area contributed by atoms with E-state index in [0.717, 1.165) is 36.0 Å². The van der Waals surface area contributed by atoms with Crippen molar-refractivity contribution >= 4 is 15.9 Å². The second-order valence-corrected chi connectivity index (χ2v) is 10.1. The van der Waals surface area contributed by atoms with Crippen molar-refractivity contribution in [1.29, 1.82) is 0 Å². The van der Waals surface area contributed by atoms with Crippen LogP contribution >= 0.6 is 0 Å². The molecule has 1 heterocycles. The van der Waals surface area contributed by atoms with Gasteiger partial charge in [0.15, 0.2) is 0 Å². The van der Waals surface area contributed by atoms with Crippen molar-refractivity contribution in [2.45, 2.75) is 50.7 Å². The van der Waals surface area contributed by atoms with Crippen LogP contribution in [0.15, 0.2) is 53.4 Å². The van der Waals surface area contributed by atoms with Crippen LogP contribution in [0.3, 0.4) is 0 Å². The van der Waals surface area contributed by atoms with Crippen LogP contribution in [-0.2, 0) is 43.9 Å². The third kappa shape index (κ3) is 7.92. The predicted molar refractivity (Wildman–Crippen MR) is 127 cm³/mol. The number of rotatable bonds is 12. The molecule has 1 aliphatic rings. The Morgan fingerprint density at radius 3 is 2.36 bits per heavy atom. The molecule has 33 heavy (non-hydrogen) atoms. The third-order valence-electron chi connectivity index (χ3n) is 5.57. The van der Waals surface area contributed by atoms with Gasteiger partial charge in [-0.1, -0.05) is 42.8 Å². The minimum Gasteiger partial charge on any atom is -0.379 e. The molecular formula is C25H34N2O5S. The molecule has 0 unspecified atom stereocenters. The highest BCUT2D eigenvalue weighted by Crippen LogP contribution is 2.21. The molecule has 1 saturated heterocycles. The van der Waals surface area contributed by atoms with Crippen LogP contribution in [0.25, 0.3) is 0 Å². The number of benzene rings is 2. The average molecular weight is 475 g/mol. The summed E-state index contributed by atoms with van der Waals surface area (Å²) in [5.41, 5.74) is 2.82. The quantitative estimate of drug-likeness (QED) is 0.477. The summed E-state index contributed by atoms with van der Waals surface area (Å²) in [5, 5.41) is 2.93. The van der Waals surface area contributed by atoms with E-state index in [1.807, 2.05) is 31.2 Å². The van der Waals surface area contributed by atoms with Gasteiger partial charge in [-0.05, 0) is 48.6 Å². The standard InChI is InChI=1S/C25H34N2O5S/c1-2-31-15-16-32-20-23-8-6-7-22(17-23)19-26-25(28)18-21-9-11-24(12-10-21)33(29,30)27-13-4-3-5-14-27/h6-12,17H,2-5,13-16,18-20H2,1H3,(H,26,28). The Kier molecular flexibility index (Phi) is 9.87. The van der Waals surface area contributed by atoms with E-state index in [0.29, 0.717) is 46.1 Å².